The van der Waals surface area contributed by atoms with Crippen LogP contribution in [0, 0.1) is 6.92 Å². The van der Waals surface area contributed by atoms with E-state index in [0.29, 0.717) is 24.2 Å². The minimum atomic E-state index is -0.999. The summed E-state index contributed by atoms with van der Waals surface area (Å²) in [6.07, 6.45) is 3.39. The Morgan fingerprint density at radius 2 is 2.04 bits per heavy atom. The first-order valence-electron chi connectivity index (χ1n) is 8.17. The van der Waals surface area contributed by atoms with Gasteiger partial charge in [0, 0.05) is 24.1 Å². The number of carboxylic acid groups (broad SMARTS) is 1. The number of carbonyl (C=O) groups is 2. The Balaban J connectivity index is 1.68. The topological polar surface area (TPSA) is 70.7 Å². The van der Waals surface area contributed by atoms with Gasteiger partial charge >= 0.3 is 5.97 Å². The molecule has 1 N–H and O–H groups in total. The van der Waals surface area contributed by atoms with E-state index < -0.39 is 5.97 Å². The lowest BCUT2D eigenvalue weighted by atomic mass is 9.86. The third kappa shape index (κ3) is 2.31. The van der Waals surface area contributed by atoms with E-state index in [4.69, 9.17) is 9.52 Å². The normalized spacial score (nSPS) is 17.6. The summed E-state index contributed by atoms with van der Waals surface area (Å²) in [5, 5.41) is 9.03. The van der Waals surface area contributed by atoms with Gasteiger partial charge in [-0.25, -0.2) is 0 Å². The molecule has 0 radical (unpaired) electrons. The standard InChI is InChI=1S/C19H19NO4/c1-12-10-24-15(8-16(21)22)17(12)18(23)20-9-13-4-2-3-5-14(13)19(11-20)6-7-19/h2-5,10H,6-9,11H2,1H3,(H,21,22). The van der Waals surface area contributed by atoms with Gasteiger partial charge in [-0.2, -0.15) is 0 Å². The Morgan fingerprint density at radius 1 is 1.29 bits per heavy atom. The predicted octanol–water partition coefficient (Wildman–Crippen LogP) is 2.90. The van der Waals surface area contributed by atoms with Crippen LogP contribution in [0.25, 0.3) is 0 Å². The highest BCUT2D eigenvalue weighted by Gasteiger charge is 2.50. The lowest BCUT2D eigenvalue weighted by Gasteiger charge is -2.35. The van der Waals surface area contributed by atoms with Crippen LogP contribution in [0.2, 0.25) is 0 Å². The van der Waals surface area contributed by atoms with Crippen molar-refractivity contribution in [1.29, 1.82) is 0 Å². The molecule has 1 aliphatic heterocycles. The highest BCUT2D eigenvalue weighted by atomic mass is 16.4. The van der Waals surface area contributed by atoms with E-state index in [1.807, 2.05) is 11.0 Å². The number of fused-ring (bicyclic) bond motifs is 2. The van der Waals surface area contributed by atoms with E-state index in [-0.39, 0.29) is 23.5 Å². The summed E-state index contributed by atoms with van der Waals surface area (Å²) in [5.41, 5.74) is 3.75. The van der Waals surface area contributed by atoms with Crippen LogP contribution >= 0.6 is 0 Å². The van der Waals surface area contributed by atoms with Crippen LogP contribution in [0.3, 0.4) is 0 Å². The summed E-state index contributed by atoms with van der Waals surface area (Å²) in [7, 11) is 0. The zero-order chi connectivity index (χ0) is 16.9. The van der Waals surface area contributed by atoms with Gasteiger partial charge in [-0.3, -0.25) is 9.59 Å². The minimum absolute atomic E-state index is 0.0924. The van der Waals surface area contributed by atoms with E-state index in [1.54, 1.807) is 6.92 Å². The van der Waals surface area contributed by atoms with E-state index in [2.05, 4.69) is 18.2 Å². The summed E-state index contributed by atoms with van der Waals surface area (Å²) >= 11 is 0. The SMILES string of the molecule is Cc1coc(CC(=O)O)c1C(=O)N1Cc2ccccc2C2(CC2)C1. The number of carbonyl (C=O) groups excluding carboxylic acids is 1. The summed E-state index contributed by atoms with van der Waals surface area (Å²) in [6.45, 7) is 3.04. The van der Waals surface area contributed by atoms with Gasteiger partial charge in [-0.15, -0.1) is 0 Å². The predicted molar refractivity (Wildman–Crippen MR) is 86.9 cm³/mol. The fourth-order valence-electron chi connectivity index (χ4n) is 3.82. The monoisotopic (exact) mass is 325 g/mol. The van der Waals surface area contributed by atoms with Crippen LogP contribution in [0.5, 0.6) is 0 Å². The van der Waals surface area contributed by atoms with E-state index in [1.165, 1.54) is 17.4 Å². The van der Waals surface area contributed by atoms with Crippen molar-refractivity contribution < 1.29 is 19.1 Å². The molecule has 1 aromatic heterocycles. The van der Waals surface area contributed by atoms with Crippen LogP contribution < -0.4 is 0 Å². The van der Waals surface area contributed by atoms with Crippen LogP contribution in [0.15, 0.2) is 34.9 Å². The molecule has 5 heteroatoms. The molecule has 0 unspecified atom stereocenters. The Kier molecular flexibility index (Phi) is 3.27. The Hall–Kier alpha value is -2.56. The molecule has 0 saturated heterocycles. The molecule has 24 heavy (non-hydrogen) atoms. The number of furan rings is 1. The highest BCUT2D eigenvalue weighted by Crippen LogP contribution is 2.52. The largest absolute Gasteiger partial charge is 0.481 e. The Labute approximate surface area is 139 Å². The van der Waals surface area contributed by atoms with Crippen molar-refractivity contribution in [2.45, 2.75) is 38.1 Å². The molecule has 0 bridgehead atoms. The summed E-state index contributed by atoms with van der Waals surface area (Å²) < 4.78 is 5.33. The number of carboxylic acids is 1. The van der Waals surface area contributed by atoms with Crippen molar-refractivity contribution in [3.8, 4) is 0 Å². The van der Waals surface area contributed by atoms with Crippen molar-refractivity contribution in [2.75, 3.05) is 6.54 Å². The zero-order valence-electron chi connectivity index (χ0n) is 13.5. The molecule has 124 valence electrons. The molecular weight excluding hydrogens is 306 g/mol. The fraction of sp³-hybridized carbons (Fsp3) is 0.368. The molecule has 4 rings (SSSR count). The van der Waals surface area contributed by atoms with Gasteiger partial charge in [0.05, 0.1) is 11.8 Å². The number of aliphatic carboxylic acids is 1. The molecular formula is C19H19NO4. The molecule has 1 aliphatic carbocycles. The van der Waals surface area contributed by atoms with Crippen LogP contribution in [-0.2, 0) is 23.2 Å². The maximum absolute atomic E-state index is 13.1. The molecule has 2 heterocycles. The van der Waals surface area contributed by atoms with E-state index in [0.717, 1.165) is 12.8 Å². The van der Waals surface area contributed by atoms with Crippen LogP contribution in [0.4, 0.5) is 0 Å². The van der Waals surface area contributed by atoms with Crippen molar-refractivity contribution in [2.24, 2.45) is 0 Å². The van der Waals surface area contributed by atoms with Crippen LogP contribution in [0.1, 0.15) is 45.7 Å². The van der Waals surface area contributed by atoms with Crippen LogP contribution in [-0.4, -0.2) is 28.4 Å². The number of amides is 1. The number of benzene rings is 1. The Bertz CT molecular complexity index is 832. The van der Waals surface area contributed by atoms with E-state index in [9.17, 15) is 9.59 Å². The lowest BCUT2D eigenvalue weighted by Crippen LogP contribution is -2.42. The highest BCUT2D eigenvalue weighted by molar-refractivity contribution is 5.97. The number of hydrogen-bond acceptors (Lipinski definition) is 3. The molecule has 1 aromatic carbocycles. The maximum atomic E-state index is 13.1. The molecule has 5 nitrogen and oxygen atoms in total. The minimum Gasteiger partial charge on any atom is -0.481 e. The lowest BCUT2D eigenvalue weighted by molar-refractivity contribution is -0.136. The zero-order valence-corrected chi connectivity index (χ0v) is 13.5. The van der Waals surface area contributed by atoms with E-state index >= 15 is 0 Å². The molecule has 1 saturated carbocycles. The second-order valence-electron chi connectivity index (χ2n) is 6.89. The molecule has 2 aliphatic rings. The first-order chi connectivity index (χ1) is 11.5. The molecule has 0 atom stereocenters. The Morgan fingerprint density at radius 3 is 2.75 bits per heavy atom. The second-order valence-corrected chi connectivity index (χ2v) is 6.89. The van der Waals surface area contributed by atoms with Gasteiger partial charge in [0.2, 0.25) is 0 Å². The third-order valence-electron chi connectivity index (χ3n) is 5.16. The first kappa shape index (κ1) is 15.0. The van der Waals surface area contributed by atoms with Gasteiger partial charge < -0.3 is 14.4 Å². The summed E-state index contributed by atoms with van der Waals surface area (Å²) in [5.74, 6) is -0.881. The van der Waals surface area contributed by atoms with Crippen molar-refractivity contribution in [1.82, 2.24) is 4.90 Å². The van der Waals surface area contributed by atoms with Gasteiger partial charge in [-0.05, 0) is 30.9 Å². The summed E-state index contributed by atoms with van der Waals surface area (Å²) in [6, 6.07) is 8.31. The number of hydrogen-bond donors (Lipinski definition) is 1. The fourth-order valence-corrected chi connectivity index (χ4v) is 3.82. The van der Waals surface area contributed by atoms with Crippen molar-refractivity contribution >= 4 is 11.9 Å². The second kappa shape index (κ2) is 5.23. The van der Waals surface area contributed by atoms with Crippen molar-refractivity contribution in [3.05, 3.63) is 58.5 Å². The summed E-state index contributed by atoms with van der Waals surface area (Å²) in [4.78, 5) is 25.9. The smallest absolute Gasteiger partial charge is 0.311 e. The molecule has 1 spiro atoms. The first-order valence-corrected chi connectivity index (χ1v) is 8.17. The number of aryl methyl sites for hydroxylation is 1. The number of rotatable bonds is 3. The molecule has 2 aromatic rings. The van der Waals surface area contributed by atoms with Crippen molar-refractivity contribution in [3.63, 3.8) is 0 Å². The maximum Gasteiger partial charge on any atom is 0.311 e. The van der Waals surface area contributed by atoms with Gasteiger partial charge in [-0.1, -0.05) is 24.3 Å². The number of nitrogens with zero attached hydrogens (tertiary/aromatic N) is 1. The van der Waals surface area contributed by atoms with Gasteiger partial charge in [0.25, 0.3) is 5.91 Å². The quantitative estimate of drug-likeness (QED) is 0.942. The van der Waals surface area contributed by atoms with Gasteiger partial charge in [0.15, 0.2) is 0 Å². The molecule has 1 fully saturated rings. The average Bonchev–Trinajstić information content (AvgIpc) is 3.23. The average molecular weight is 325 g/mol. The third-order valence-corrected chi connectivity index (χ3v) is 5.16. The molecule has 1 amide bonds. The van der Waals surface area contributed by atoms with Gasteiger partial charge in [0.1, 0.15) is 12.2 Å².